The Bertz CT molecular complexity index is 416. The van der Waals surface area contributed by atoms with Crippen LogP contribution in [0.15, 0.2) is 28.7 Å². The van der Waals surface area contributed by atoms with Crippen molar-refractivity contribution in [3.05, 3.63) is 28.7 Å². The highest BCUT2D eigenvalue weighted by molar-refractivity contribution is 9.10. The van der Waals surface area contributed by atoms with Crippen LogP contribution in [0.25, 0.3) is 0 Å². The first-order valence-electron chi connectivity index (χ1n) is 6.10. The fourth-order valence-electron chi connectivity index (χ4n) is 1.98. The summed E-state index contributed by atoms with van der Waals surface area (Å²) in [6, 6.07) is 7.65. The SMILES string of the molecule is CN1CCN(CC(=O)Nc2cccc(Br)c2)CC1. The molecule has 0 aliphatic carbocycles. The molecule has 1 aromatic rings. The maximum absolute atomic E-state index is 11.9. The molecule has 1 aliphatic heterocycles. The number of benzene rings is 1. The second-order valence-corrected chi connectivity index (χ2v) is 5.55. The molecule has 1 heterocycles. The number of likely N-dealkylation sites (N-methyl/N-ethyl adjacent to an activating group) is 1. The molecular weight excluding hydrogens is 294 g/mol. The van der Waals surface area contributed by atoms with Crippen LogP contribution < -0.4 is 5.32 Å². The third-order valence-electron chi connectivity index (χ3n) is 3.07. The Kier molecular flexibility index (Phi) is 4.74. The van der Waals surface area contributed by atoms with Gasteiger partial charge in [-0.3, -0.25) is 9.69 Å². The predicted octanol–water partition coefficient (Wildman–Crippen LogP) is 1.63. The molecule has 0 spiro atoms. The van der Waals surface area contributed by atoms with Crippen molar-refractivity contribution in [2.75, 3.05) is 45.1 Å². The topological polar surface area (TPSA) is 35.6 Å². The van der Waals surface area contributed by atoms with Crippen LogP contribution in [-0.4, -0.2) is 55.5 Å². The Morgan fingerprint density at radius 1 is 1.33 bits per heavy atom. The summed E-state index contributed by atoms with van der Waals surface area (Å²) in [5.74, 6) is 0.0534. The van der Waals surface area contributed by atoms with Crippen LogP contribution in [0.3, 0.4) is 0 Å². The Hall–Kier alpha value is -0.910. The third kappa shape index (κ3) is 4.08. The van der Waals surface area contributed by atoms with Gasteiger partial charge in [-0.1, -0.05) is 22.0 Å². The van der Waals surface area contributed by atoms with Gasteiger partial charge in [0.15, 0.2) is 0 Å². The smallest absolute Gasteiger partial charge is 0.238 e. The van der Waals surface area contributed by atoms with Crippen molar-refractivity contribution in [2.24, 2.45) is 0 Å². The number of hydrogen-bond acceptors (Lipinski definition) is 3. The number of anilines is 1. The van der Waals surface area contributed by atoms with Crippen LogP contribution in [-0.2, 0) is 4.79 Å². The number of carbonyl (C=O) groups excluding carboxylic acids is 1. The minimum absolute atomic E-state index is 0.0534. The summed E-state index contributed by atoms with van der Waals surface area (Å²) in [6.45, 7) is 4.46. The lowest BCUT2D eigenvalue weighted by atomic mass is 10.3. The van der Waals surface area contributed by atoms with Gasteiger partial charge in [-0.2, -0.15) is 0 Å². The summed E-state index contributed by atoms with van der Waals surface area (Å²) < 4.78 is 0.972. The number of nitrogens with zero attached hydrogens (tertiary/aromatic N) is 2. The van der Waals surface area contributed by atoms with Crippen molar-refractivity contribution in [3.8, 4) is 0 Å². The second kappa shape index (κ2) is 6.31. The van der Waals surface area contributed by atoms with Gasteiger partial charge in [-0.05, 0) is 25.2 Å². The van der Waals surface area contributed by atoms with Gasteiger partial charge < -0.3 is 10.2 Å². The molecule has 5 heteroatoms. The van der Waals surface area contributed by atoms with E-state index in [0.29, 0.717) is 6.54 Å². The minimum atomic E-state index is 0.0534. The second-order valence-electron chi connectivity index (χ2n) is 4.64. The van der Waals surface area contributed by atoms with Crippen molar-refractivity contribution in [2.45, 2.75) is 0 Å². The Morgan fingerprint density at radius 2 is 2.06 bits per heavy atom. The summed E-state index contributed by atoms with van der Waals surface area (Å²) in [5.41, 5.74) is 0.837. The van der Waals surface area contributed by atoms with Crippen LogP contribution >= 0.6 is 15.9 Å². The van der Waals surface area contributed by atoms with Crippen molar-refractivity contribution >= 4 is 27.5 Å². The standard InChI is InChI=1S/C13H18BrN3O/c1-16-5-7-17(8-6-16)10-13(18)15-12-4-2-3-11(14)9-12/h2-4,9H,5-8,10H2,1H3,(H,15,18). The zero-order valence-corrected chi connectivity index (χ0v) is 12.1. The van der Waals surface area contributed by atoms with E-state index in [2.05, 4.69) is 38.1 Å². The summed E-state index contributed by atoms with van der Waals surface area (Å²) in [5, 5.41) is 2.92. The summed E-state index contributed by atoms with van der Waals surface area (Å²) in [6.07, 6.45) is 0. The van der Waals surface area contributed by atoms with Crippen LogP contribution in [0.1, 0.15) is 0 Å². The van der Waals surface area contributed by atoms with E-state index in [9.17, 15) is 4.79 Å². The molecule has 0 aromatic heterocycles. The molecule has 0 atom stereocenters. The Balaban J connectivity index is 1.82. The number of amides is 1. The Morgan fingerprint density at radius 3 is 2.72 bits per heavy atom. The first kappa shape index (κ1) is 13.5. The maximum atomic E-state index is 11.9. The predicted molar refractivity (Wildman–Crippen MR) is 76.7 cm³/mol. The number of hydrogen-bond donors (Lipinski definition) is 1. The monoisotopic (exact) mass is 311 g/mol. The minimum Gasteiger partial charge on any atom is -0.325 e. The average molecular weight is 312 g/mol. The molecule has 0 unspecified atom stereocenters. The lowest BCUT2D eigenvalue weighted by molar-refractivity contribution is -0.117. The zero-order valence-electron chi connectivity index (χ0n) is 10.5. The number of carbonyl (C=O) groups is 1. The van der Waals surface area contributed by atoms with Gasteiger partial charge >= 0.3 is 0 Å². The summed E-state index contributed by atoms with van der Waals surface area (Å²) in [7, 11) is 2.11. The fraction of sp³-hybridized carbons (Fsp3) is 0.462. The summed E-state index contributed by atoms with van der Waals surface area (Å²) in [4.78, 5) is 16.4. The van der Waals surface area contributed by atoms with Gasteiger partial charge in [-0.15, -0.1) is 0 Å². The van der Waals surface area contributed by atoms with E-state index < -0.39 is 0 Å². The molecule has 1 saturated heterocycles. The van der Waals surface area contributed by atoms with E-state index in [1.807, 2.05) is 24.3 Å². The molecule has 1 aliphatic rings. The van der Waals surface area contributed by atoms with Crippen LogP contribution in [0, 0.1) is 0 Å². The van der Waals surface area contributed by atoms with Crippen molar-refractivity contribution in [1.82, 2.24) is 9.80 Å². The van der Waals surface area contributed by atoms with Gasteiger partial charge in [0.05, 0.1) is 6.54 Å². The van der Waals surface area contributed by atoms with E-state index in [-0.39, 0.29) is 5.91 Å². The molecule has 1 amide bonds. The van der Waals surface area contributed by atoms with Gasteiger partial charge in [0.1, 0.15) is 0 Å². The molecule has 4 nitrogen and oxygen atoms in total. The number of rotatable bonds is 3. The first-order valence-corrected chi connectivity index (χ1v) is 6.89. The quantitative estimate of drug-likeness (QED) is 0.921. The molecule has 1 N–H and O–H groups in total. The molecule has 0 radical (unpaired) electrons. The van der Waals surface area contributed by atoms with E-state index in [1.54, 1.807) is 0 Å². The third-order valence-corrected chi connectivity index (χ3v) is 3.56. The fourth-order valence-corrected chi connectivity index (χ4v) is 2.38. The molecule has 1 fully saturated rings. The lowest BCUT2D eigenvalue weighted by Crippen LogP contribution is -2.47. The summed E-state index contributed by atoms with van der Waals surface area (Å²) >= 11 is 3.39. The largest absolute Gasteiger partial charge is 0.325 e. The molecule has 1 aromatic carbocycles. The Labute approximate surface area is 116 Å². The highest BCUT2D eigenvalue weighted by atomic mass is 79.9. The highest BCUT2D eigenvalue weighted by Crippen LogP contribution is 2.15. The van der Waals surface area contributed by atoms with Crippen LogP contribution in [0.5, 0.6) is 0 Å². The van der Waals surface area contributed by atoms with Crippen molar-refractivity contribution in [1.29, 1.82) is 0 Å². The first-order chi connectivity index (χ1) is 8.63. The molecule has 0 saturated carbocycles. The molecule has 18 heavy (non-hydrogen) atoms. The molecule has 0 bridgehead atoms. The van der Waals surface area contributed by atoms with Crippen LogP contribution in [0.4, 0.5) is 5.69 Å². The van der Waals surface area contributed by atoms with E-state index in [0.717, 1.165) is 36.3 Å². The van der Waals surface area contributed by atoms with Gasteiger partial charge in [0, 0.05) is 36.3 Å². The maximum Gasteiger partial charge on any atom is 0.238 e. The van der Waals surface area contributed by atoms with Crippen molar-refractivity contribution in [3.63, 3.8) is 0 Å². The van der Waals surface area contributed by atoms with Gasteiger partial charge in [0.2, 0.25) is 5.91 Å². The van der Waals surface area contributed by atoms with E-state index >= 15 is 0 Å². The van der Waals surface area contributed by atoms with Gasteiger partial charge in [0.25, 0.3) is 0 Å². The highest BCUT2D eigenvalue weighted by Gasteiger charge is 2.16. The van der Waals surface area contributed by atoms with Crippen molar-refractivity contribution < 1.29 is 4.79 Å². The molecule has 98 valence electrons. The molecular formula is C13H18BrN3O. The molecule has 2 rings (SSSR count). The normalized spacial score (nSPS) is 17.7. The average Bonchev–Trinajstić information content (AvgIpc) is 2.32. The zero-order chi connectivity index (χ0) is 13.0. The number of halogens is 1. The lowest BCUT2D eigenvalue weighted by Gasteiger charge is -2.31. The number of nitrogens with one attached hydrogen (secondary N) is 1. The van der Waals surface area contributed by atoms with E-state index in [1.165, 1.54) is 0 Å². The van der Waals surface area contributed by atoms with Crippen LogP contribution in [0.2, 0.25) is 0 Å². The van der Waals surface area contributed by atoms with Gasteiger partial charge in [-0.25, -0.2) is 0 Å². The number of piperazine rings is 1. The van der Waals surface area contributed by atoms with E-state index in [4.69, 9.17) is 0 Å².